The molecule has 0 aliphatic carbocycles. The van der Waals surface area contributed by atoms with Gasteiger partial charge in [-0.1, -0.05) is 6.92 Å². The van der Waals surface area contributed by atoms with Crippen LogP contribution in [0.4, 0.5) is 0 Å². The van der Waals surface area contributed by atoms with E-state index in [1.807, 2.05) is 0 Å². The summed E-state index contributed by atoms with van der Waals surface area (Å²) in [6, 6.07) is 0. The highest BCUT2D eigenvalue weighted by Crippen LogP contribution is 2.15. The molecular weight excluding hydrogens is 180 g/mol. The van der Waals surface area contributed by atoms with E-state index in [-0.39, 0.29) is 0 Å². The van der Waals surface area contributed by atoms with Crippen LogP contribution in [0.25, 0.3) is 0 Å². The van der Waals surface area contributed by atoms with Gasteiger partial charge in [-0.2, -0.15) is 0 Å². The Morgan fingerprint density at radius 1 is 1.38 bits per heavy atom. The molecule has 0 aromatic heterocycles. The number of aliphatic hydroxyl groups excluding tert-OH is 1. The smallest absolute Gasteiger partial charge is 0.308 e. The molecule has 6 nitrogen and oxygen atoms in total. The van der Waals surface area contributed by atoms with E-state index in [0.29, 0.717) is 0 Å². The van der Waals surface area contributed by atoms with Crippen LogP contribution in [0.2, 0.25) is 0 Å². The molecule has 0 saturated carbocycles. The van der Waals surface area contributed by atoms with Gasteiger partial charge in [0, 0.05) is 5.92 Å². The maximum absolute atomic E-state index is 10.8. The van der Waals surface area contributed by atoms with Crippen molar-refractivity contribution in [2.75, 3.05) is 0 Å². The van der Waals surface area contributed by atoms with Crippen LogP contribution < -0.4 is 0 Å². The average molecular weight is 194 g/mol. The predicted molar refractivity (Wildman–Crippen MR) is 40.9 cm³/mol. The molecule has 0 amide bonds. The predicted octanol–water partition coefficient (Wildman–Crippen LogP) is -1.48. The number of rotatable bonds is 4. The molecule has 13 heavy (non-hydrogen) atoms. The zero-order chi connectivity index (χ0) is 10.6. The largest absolute Gasteiger partial charge is 0.436 e. The van der Waals surface area contributed by atoms with Gasteiger partial charge in [-0.3, -0.25) is 4.79 Å². The Morgan fingerprint density at radius 3 is 2.15 bits per heavy atom. The third-order valence-corrected chi connectivity index (χ3v) is 1.44. The van der Waals surface area contributed by atoms with Crippen molar-refractivity contribution in [1.82, 2.24) is 0 Å². The standard InChI is InChI=1S/C7H14O6/c1-4(7(10,11)12)3-6(9)13-5(2)8/h4-5,8,10-12H,3H2,1-2H3. The lowest BCUT2D eigenvalue weighted by molar-refractivity contribution is -0.339. The van der Waals surface area contributed by atoms with Crippen molar-refractivity contribution in [2.45, 2.75) is 32.5 Å². The number of ether oxygens (including phenoxy) is 1. The zero-order valence-electron chi connectivity index (χ0n) is 7.47. The molecule has 2 atom stereocenters. The lowest BCUT2D eigenvalue weighted by atomic mass is 10.1. The van der Waals surface area contributed by atoms with Crippen molar-refractivity contribution in [2.24, 2.45) is 5.92 Å². The van der Waals surface area contributed by atoms with E-state index in [1.165, 1.54) is 13.8 Å². The van der Waals surface area contributed by atoms with Gasteiger partial charge in [-0.15, -0.1) is 0 Å². The Kier molecular flexibility index (Phi) is 4.28. The van der Waals surface area contributed by atoms with Crippen LogP contribution in [0.15, 0.2) is 0 Å². The van der Waals surface area contributed by atoms with Gasteiger partial charge in [0.05, 0.1) is 6.42 Å². The third kappa shape index (κ3) is 5.53. The van der Waals surface area contributed by atoms with Gasteiger partial charge in [-0.25, -0.2) is 0 Å². The van der Waals surface area contributed by atoms with Gasteiger partial charge in [0.25, 0.3) is 5.97 Å². The SMILES string of the molecule is CC(O)OC(=O)CC(C)C(O)(O)O. The van der Waals surface area contributed by atoms with Crippen LogP contribution in [0.5, 0.6) is 0 Å². The highest BCUT2D eigenvalue weighted by Gasteiger charge is 2.30. The summed E-state index contributed by atoms with van der Waals surface area (Å²) in [5.74, 6) is -4.81. The van der Waals surface area contributed by atoms with Crippen molar-refractivity contribution in [1.29, 1.82) is 0 Å². The quantitative estimate of drug-likeness (QED) is 0.321. The van der Waals surface area contributed by atoms with Gasteiger partial charge < -0.3 is 25.2 Å². The Hall–Kier alpha value is -0.690. The molecule has 4 N–H and O–H groups in total. The van der Waals surface area contributed by atoms with Crippen LogP contribution in [-0.2, 0) is 9.53 Å². The lowest BCUT2D eigenvalue weighted by Crippen LogP contribution is -2.37. The number of hydrogen-bond donors (Lipinski definition) is 4. The second-order valence-electron chi connectivity index (χ2n) is 2.88. The first-order valence-corrected chi connectivity index (χ1v) is 3.78. The molecule has 0 aliphatic heterocycles. The molecule has 0 heterocycles. The molecule has 0 aliphatic rings. The molecule has 0 aromatic rings. The molecule has 0 bridgehead atoms. The average Bonchev–Trinajstić information content (AvgIpc) is 1.82. The maximum Gasteiger partial charge on any atom is 0.308 e. The van der Waals surface area contributed by atoms with Gasteiger partial charge in [0.15, 0.2) is 6.29 Å². The number of esters is 1. The molecular formula is C7H14O6. The summed E-state index contributed by atoms with van der Waals surface area (Å²) in [5.41, 5.74) is 0. The van der Waals surface area contributed by atoms with Crippen LogP contribution >= 0.6 is 0 Å². The fourth-order valence-corrected chi connectivity index (χ4v) is 0.625. The lowest BCUT2D eigenvalue weighted by Gasteiger charge is -2.21. The Balaban J connectivity index is 3.93. The van der Waals surface area contributed by atoms with E-state index in [9.17, 15) is 4.79 Å². The van der Waals surface area contributed by atoms with Crippen LogP contribution in [0.1, 0.15) is 20.3 Å². The fourth-order valence-electron chi connectivity index (χ4n) is 0.625. The van der Waals surface area contributed by atoms with Crippen molar-refractivity contribution in [3.63, 3.8) is 0 Å². The molecule has 0 spiro atoms. The minimum Gasteiger partial charge on any atom is -0.436 e. The van der Waals surface area contributed by atoms with Gasteiger partial charge in [0.2, 0.25) is 0 Å². The minimum absolute atomic E-state index is 0.394. The van der Waals surface area contributed by atoms with E-state index in [2.05, 4.69) is 4.74 Å². The summed E-state index contributed by atoms with van der Waals surface area (Å²) in [4.78, 5) is 10.8. The normalized spacial score (nSPS) is 16.5. The number of aliphatic hydroxyl groups is 4. The summed E-state index contributed by atoms with van der Waals surface area (Å²) in [6.45, 7) is 2.50. The summed E-state index contributed by atoms with van der Waals surface area (Å²) in [5, 5.41) is 34.4. The fraction of sp³-hybridized carbons (Fsp3) is 0.857. The first-order chi connectivity index (χ1) is 5.73. The van der Waals surface area contributed by atoms with Gasteiger partial charge in [-0.05, 0) is 6.92 Å². The molecule has 78 valence electrons. The van der Waals surface area contributed by atoms with E-state index in [0.717, 1.165) is 0 Å². The van der Waals surface area contributed by atoms with Crippen molar-refractivity contribution < 1.29 is 30.0 Å². The molecule has 0 fully saturated rings. The van der Waals surface area contributed by atoms with E-state index in [1.54, 1.807) is 0 Å². The molecule has 0 saturated heterocycles. The van der Waals surface area contributed by atoms with Crippen molar-refractivity contribution in [3.8, 4) is 0 Å². The zero-order valence-corrected chi connectivity index (χ0v) is 7.47. The first kappa shape index (κ1) is 12.3. The monoisotopic (exact) mass is 194 g/mol. The second-order valence-corrected chi connectivity index (χ2v) is 2.88. The molecule has 0 rings (SSSR count). The molecule has 0 radical (unpaired) electrons. The Labute approximate surface area is 75.4 Å². The number of carbonyl (C=O) groups is 1. The summed E-state index contributed by atoms with van der Waals surface area (Å²) >= 11 is 0. The maximum atomic E-state index is 10.8. The van der Waals surface area contributed by atoms with Crippen LogP contribution in [0, 0.1) is 5.92 Å². The molecule has 2 unspecified atom stereocenters. The Morgan fingerprint density at radius 2 is 1.85 bits per heavy atom. The number of carbonyl (C=O) groups excluding carboxylic acids is 1. The summed E-state index contributed by atoms with van der Waals surface area (Å²) in [6.07, 6.45) is -1.64. The van der Waals surface area contributed by atoms with Gasteiger partial charge in [0.1, 0.15) is 0 Å². The minimum atomic E-state index is -2.91. The second kappa shape index (κ2) is 4.52. The third-order valence-electron chi connectivity index (χ3n) is 1.44. The van der Waals surface area contributed by atoms with Gasteiger partial charge >= 0.3 is 5.97 Å². The summed E-state index contributed by atoms with van der Waals surface area (Å²) in [7, 11) is 0. The van der Waals surface area contributed by atoms with Crippen molar-refractivity contribution in [3.05, 3.63) is 0 Å². The van der Waals surface area contributed by atoms with Crippen molar-refractivity contribution >= 4 is 5.97 Å². The van der Waals surface area contributed by atoms with Crippen LogP contribution in [-0.4, -0.2) is 38.7 Å². The van der Waals surface area contributed by atoms with Crippen LogP contribution in [0.3, 0.4) is 0 Å². The summed E-state index contributed by atoms with van der Waals surface area (Å²) < 4.78 is 4.30. The highest BCUT2D eigenvalue weighted by atomic mass is 16.7. The molecule has 0 aromatic carbocycles. The topological polar surface area (TPSA) is 107 Å². The molecule has 6 heteroatoms. The van der Waals surface area contributed by atoms with E-state index < -0.39 is 30.6 Å². The van der Waals surface area contributed by atoms with E-state index >= 15 is 0 Å². The number of hydrogen-bond acceptors (Lipinski definition) is 6. The first-order valence-electron chi connectivity index (χ1n) is 3.78. The highest BCUT2D eigenvalue weighted by molar-refractivity contribution is 5.69. The Bertz CT molecular complexity index is 170. The van der Waals surface area contributed by atoms with E-state index in [4.69, 9.17) is 20.4 Å².